The van der Waals surface area contributed by atoms with Gasteiger partial charge in [0.15, 0.2) is 5.75 Å². The van der Waals surface area contributed by atoms with Crippen molar-refractivity contribution in [2.24, 2.45) is 5.92 Å². The van der Waals surface area contributed by atoms with Crippen molar-refractivity contribution in [1.29, 1.82) is 0 Å². The molecule has 3 rings (SSSR count). The molecule has 0 aliphatic heterocycles. The van der Waals surface area contributed by atoms with E-state index >= 15 is 0 Å². The first kappa shape index (κ1) is 21.8. The number of halogens is 6. The molecule has 0 radical (unpaired) electrons. The highest BCUT2D eigenvalue weighted by Crippen LogP contribution is 2.39. The Labute approximate surface area is 180 Å². The van der Waals surface area contributed by atoms with Crippen LogP contribution in [0.5, 0.6) is 5.75 Å². The molecular weight excluding hydrogens is 450 g/mol. The lowest BCUT2D eigenvalue weighted by atomic mass is 10.0. The second-order valence-corrected chi connectivity index (χ2v) is 7.75. The number of rotatable bonds is 6. The van der Waals surface area contributed by atoms with E-state index in [9.17, 15) is 18.0 Å². The standard InChI is InChI=1S/C20H15Cl3F3NO2/c21-16-9-13(10-17(22)18(16)23)15(20(24,25)26)8-3-11-1-6-14(7-2-11)29-27-19(28)12-4-5-12/h1-2,6-10,12H,3-5H2,(H,27,28). The molecule has 1 fully saturated rings. The van der Waals surface area contributed by atoms with E-state index in [1.54, 1.807) is 24.3 Å². The molecule has 0 bridgehead atoms. The summed E-state index contributed by atoms with van der Waals surface area (Å²) in [5.41, 5.74) is 1.94. The normalized spacial score (nSPS) is 14.6. The molecule has 2 aromatic carbocycles. The molecule has 154 valence electrons. The summed E-state index contributed by atoms with van der Waals surface area (Å²) in [4.78, 5) is 16.7. The average molecular weight is 465 g/mol. The molecule has 29 heavy (non-hydrogen) atoms. The minimum Gasteiger partial charge on any atom is -0.380 e. The zero-order chi connectivity index (χ0) is 21.2. The quantitative estimate of drug-likeness (QED) is 0.384. The summed E-state index contributed by atoms with van der Waals surface area (Å²) in [6.07, 6.45) is -1.82. The number of allylic oxidation sites excluding steroid dienone is 2. The Morgan fingerprint density at radius 3 is 2.21 bits per heavy atom. The molecular formula is C20H15Cl3F3NO2. The van der Waals surface area contributed by atoms with Crippen LogP contribution in [-0.4, -0.2) is 12.1 Å². The van der Waals surface area contributed by atoms with Crippen LogP contribution in [0.15, 0.2) is 42.5 Å². The van der Waals surface area contributed by atoms with E-state index in [0.717, 1.165) is 31.1 Å². The van der Waals surface area contributed by atoms with Crippen molar-refractivity contribution in [3.05, 3.63) is 68.7 Å². The summed E-state index contributed by atoms with van der Waals surface area (Å²) in [6, 6.07) is 8.64. The van der Waals surface area contributed by atoms with Gasteiger partial charge in [-0.05, 0) is 54.7 Å². The van der Waals surface area contributed by atoms with Gasteiger partial charge in [-0.15, -0.1) is 0 Å². The van der Waals surface area contributed by atoms with Crippen LogP contribution in [-0.2, 0) is 11.2 Å². The maximum atomic E-state index is 13.5. The number of alkyl halides is 3. The van der Waals surface area contributed by atoms with Gasteiger partial charge in [-0.25, -0.2) is 0 Å². The molecule has 0 aromatic heterocycles. The zero-order valence-electron chi connectivity index (χ0n) is 14.8. The second-order valence-electron chi connectivity index (χ2n) is 6.56. The third-order valence-corrected chi connectivity index (χ3v) is 5.48. The fourth-order valence-corrected chi connectivity index (χ4v) is 3.16. The predicted octanol–water partition coefficient (Wildman–Crippen LogP) is 6.66. The van der Waals surface area contributed by atoms with Crippen LogP contribution in [0.4, 0.5) is 13.2 Å². The van der Waals surface area contributed by atoms with Crippen molar-refractivity contribution in [2.75, 3.05) is 0 Å². The van der Waals surface area contributed by atoms with E-state index in [4.69, 9.17) is 39.6 Å². The lowest BCUT2D eigenvalue weighted by Gasteiger charge is -2.14. The Kier molecular flexibility index (Phi) is 6.66. The van der Waals surface area contributed by atoms with Crippen molar-refractivity contribution in [1.82, 2.24) is 5.48 Å². The summed E-state index contributed by atoms with van der Waals surface area (Å²) in [5, 5.41) is -0.110. The molecule has 2 aromatic rings. The summed E-state index contributed by atoms with van der Waals surface area (Å²) in [6.45, 7) is 0. The van der Waals surface area contributed by atoms with Gasteiger partial charge >= 0.3 is 6.18 Å². The molecule has 1 aliphatic rings. The minimum absolute atomic E-state index is 0.00275. The first-order chi connectivity index (χ1) is 13.6. The van der Waals surface area contributed by atoms with Crippen molar-refractivity contribution >= 4 is 46.3 Å². The van der Waals surface area contributed by atoms with Crippen molar-refractivity contribution in [2.45, 2.75) is 25.4 Å². The van der Waals surface area contributed by atoms with E-state index < -0.39 is 11.7 Å². The van der Waals surface area contributed by atoms with Crippen LogP contribution in [0.25, 0.3) is 5.57 Å². The highest BCUT2D eigenvalue weighted by molar-refractivity contribution is 6.48. The topological polar surface area (TPSA) is 38.3 Å². The molecule has 0 saturated heterocycles. The molecule has 1 N–H and O–H groups in total. The number of hydrogen-bond donors (Lipinski definition) is 1. The minimum atomic E-state index is -4.60. The van der Waals surface area contributed by atoms with Gasteiger partial charge in [0.05, 0.1) is 20.6 Å². The van der Waals surface area contributed by atoms with Crippen molar-refractivity contribution < 1.29 is 22.8 Å². The largest absolute Gasteiger partial charge is 0.416 e. The predicted molar refractivity (Wildman–Crippen MR) is 107 cm³/mol. The van der Waals surface area contributed by atoms with Crippen LogP contribution in [0, 0.1) is 5.92 Å². The second kappa shape index (κ2) is 8.86. The molecule has 3 nitrogen and oxygen atoms in total. The number of amides is 1. The molecule has 1 amide bonds. The molecule has 1 aliphatic carbocycles. The molecule has 0 heterocycles. The number of nitrogens with one attached hydrogen (secondary N) is 1. The van der Waals surface area contributed by atoms with Gasteiger partial charge in [-0.3, -0.25) is 4.79 Å². The van der Waals surface area contributed by atoms with Crippen molar-refractivity contribution in [3.63, 3.8) is 0 Å². The van der Waals surface area contributed by atoms with E-state index in [1.165, 1.54) is 0 Å². The monoisotopic (exact) mass is 463 g/mol. The summed E-state index contributed by atoms with van der Waals surface area (Å²) in [5.74, 6) is 0.223. The van der Waals surface area contributed by atoms with Gasteiger partial charge in [-0.2, -0.15) is 18.7 Å². The van der Waals surface area contributed by atoms with Crippen LogP contribution in [0.1, 0.15) is 24.0 Å². The Morgan fingerprint density at radius 2 is 1.69 bits per heavy atom. The molecule has 0 spiro atoms. The lowest BCUT2D eigenvalue weighted by molar-refractivity contribution is -0.128. The zero-order valence-corrected chi connectivity index (χ0v) is 17.1. The van der Waals surface area contributed by atoms with Crippen LogP contribution < -0.4 is 10.3 Å². The van der Waals surface area contributed by atoms with Crippen LogP contribution in [0.2, 0.25) is 15.1 Å². The summed E-state index contributed by atoms with van der Waals surface area (Å²) >= 11 is 17.6. The molecule has 9 heteroatoms. The van der Waals surface area contributed by atoms with E-state index in [2.05, 4.69) is 5.48 Å². The van der Waals surface area contributed by atoms with E-state index in [1.807, 2.05) is 0 Å². The highest BCUT2D eigenvalue weighted by Gasteiger charge is 2.35. The highest BCUT2D eigenvalue weighted by atomic mass is 35.5. The lowest BCUT2D eigenvalue weighted by Crippen LogP contribution is -2.28. The van der Waals surface area contributed by atoms with Gasteiger partial charge < -0.3 is 4.84 Å². The summed E-state index contributed by atoms with van der Waals surface area (Å²) in [7, 11) is 0. The van der Waals surface area contributed by atoms with E-state index in [-0.39, 0.29) is 38.9 Å². The molecule has 1 saturated carbocycles. The van der Waals surface area contributed by atoms with Gasteiger partial charge in [0.1, 0.15) is 0 Å². The smallest absolute Gasteiger partial charge is 0.380 e. The Balaban J connectivity index is 1.73. The first-order valence-corrected chi connectivity index (χ1v) is 9.76. The van der Waals surface area contributed by atoms with Gasteiger partial charge in [0, 0.05) is 5.92 Å². The molecule has 0 unspecified atom stereocenters. The fraction of sp³-hybridized carbons (Fsp3) is 0.250. The first-order valence-electron chi connectivity index (χ1n) is 8.63. The van der Waals surface area contributed by atoms with Gasteiger partial charge in [0.25, 0.3) is 5.91 Å². The third-order valence-electron chi connectivity index (χ3n) is 4.28. The average Bonchev–Trinajstić information content (AvgIpc) is 3.49. The van der Waals surface area contributed by atoms with E-state index in [0.29, 0.717) is 11.3 Å². The Hall–Kier alpha value is -1.89. The third kappa shape index (κ3) is 5.81. The van der Waals surface area contributed by atoms with Crippen LogP contribution >= 0.6 is 34.8 Å². The van der Waals surface area contributed by atoms with Crippen LogP contribution in [0.3, 0.4) is 0 Å². The fourth-order valence-electron chi connectivity index (χ4n) is 2.56. The number of hydrogen-bond acceptors (Lipinski definition) is 2. The number of benzene rings is 2. The van der Waals surface area contributed by atoms with Gasteiger partial charge in [0.2, 0.25) is 0 Å². The number of carbonyl (C=O) groups is 1. The maximum absolute atomic E-state index is 13.5. The number of hydroxylamine groups is 1. The van der Waals surface area contributed by atoms with Crippen molar-refractivity contribution in [3.8, 4) is 5.75 Å². The van der Waals surface area contributed by atoms with Gasteiger partial charge in [-0.1, -0.05) is 53.0 Å². The Bertz CT molecular complexity index is 916. The SMILES string of the molecule is O=C(NOc1ccc(CC=C(c2cc(Cl)c(Cl)c(Cl)c2)C(F)(F)F)cc1)C1CC1. The summed E-state index contributed by atoms with van der Waals surface area (Å²) < 4.78 is 40.6. The maximum Gasteiger partial charge on any atom is 0.416 e. The molecule has 0 atom stereocenters. The Morgan fingerprint density at radius 1 is 1.10 bits per heavy atom. The number of carbonyl (C=O) groups excluding carboxylic acids is 1.